The van der Waals surface area contributed by atoms with Crippen LogP contribution in [0, 0.1) is 13.8 Å². The summed E-state index contributed by atoms with van der Waals surface area (Å²) in [5.41, 5.74) is 17.4. The van der Waals surface area contributed by atoms with Gasteiger partial charge in [-0.3, -0.25) is 0 Å². The van der Waals surface area contributed by atoms with E-state index < -0.39 is 0 Å². The lowest BCUT2D eigenvalue weighted by atomic mass is 9.81. The minimum atomic E-state index is -0.320. The molecule has 9 aromatic rings. The fraction of sp³-hybridized carbons (Fsp3) is 0.220. The molecule has 0 unspecified atom stereocenters. The maximum Gasteiger partial charge on any atom is 0.0643 e. The van der Waals surface area contributed by atoms with Crippen LogP contribution in [-0.4, -0.2) is 0 Å². The van der Waals surface area contributed by atoms with Gasteiger partial charge in [0.05, 0.1) is 16.1 Å². The molecule has 0 fully saturated rings. The highest BCUT2D eigenvalue weighted by Gasteiger charge is 2.41. The Bertz CT molecular complexity index is 3150. The first-order valence-corrected chi connectivity index (χ1v) is 22.9. The Morgan fingerprint density at radius 3 is 1.34 bits per heavy atom. The molecule has 1 aliphatic rings. The Hall–Kier alpha value is -6.16. The molecule has 8 aromatic carbocycles. The number of hydrogen-bond acceptors (Lipinski definition) is 3. The SMILES string of the molecule is Cc1ccc(N(c2ccc(C(C)(C)C)cc2)c2cc3c(c4ccccc24)-c2c(cc(N(c4ccc(C)cc4)c4ccc(C(C)(C)C)cc4)c4sc5ccccc5c24)C3(C)C)cc1. The van der Waals surface area contributed by atoms with E-state index in [4.69, 9.17) is 0 Å². The van der Waals surface area contributed by atoms with Crippen molar-refractivity contribution in [3.63, 3.8) is 0 Å². The average molecular weight is 825 g/mol. The van der Waals surface area contributed by atoms with Gasteiger partial charge in [0.2, 0.25) is 0 Å². The van der Waals surface area contributed by atoms with E-state index in [0.29, 0.717) is 0 Å². The van der Waals surface area contributed by atoms with E-state index in [9.17, 15) is 0 Å². The normalized spacial score (nSPS) is 13.5. The van der Waals surface area contributed by atoms with Crippen molar-refractivity contribution < 1.29 is 0 Å². The molecule has 0 saturated carbocycles. The second kappa shape index (κ2) is 14.5. The molecule has 1 aliphatic carbocycles. The standard InChI is InChI=1S/C59H56N2S/c1-37-19-27-41(28-20-37)60(43-31-23-39(24-32-43)57(3,4)5)50-35-48-53(46-16-12-11-15-45(46)50)55-49(59(48,9)10)36-51(56-54(55)47-17-13-14-18-52(47)62-56)61(42-29-21-38(2)22-30-42)44-33-25-40(26-34-44)58(6,7)8/h11-36H,1-10H3. The summed E-state index contributed by atoms with van der Waals surface area (Å²) < 4.78 is 2.61. The molecule has 1 heterocycles. The highest BCUT2D eigenvalue weighted by atomic mass is 32.1. The van der Waals surface area contributed by atoms with Gasteiger partial charge in [0, 0.05) is 49.0 Å². The first kappa shape index (κ1) is 39.9. The highest BCUT2D eigenvalue weighted by Crippen LogP contribution is 2.60. The maximum absolute atomic E-state index is 2.54. The van der Waals surface area contributed by atoms with Crippen molar-refractivity contribution in [1.82, 2.24) is 0 Å². The van der Waals surface area contributed by atoms with Gasteiger partial charge < -0.3 is 9.80 Å². The maximum atomic E-state index is 2.54. The van der Waals surface area contributed by atoms with E-state index in [0.717, 1.165) is 22.7 Å². The molecule has 0 N–H and O–H groups in total. The van der Waals surface area contributed by atoms with Gasteiger partial charge in [-0.05, 0) is 130 Å². The van der Waals surface area contributed by atoms with E-state index in [2.05, 4.69) is 237 Å². The lowest BCUT2D eigenvalue weighted by Gasteiger charge is -2.31. The average Bonchev–Trinajstić information content (AvgIpc) is 3.74. The number of benzene rings is 8. The third kappa shape index (κ3) is 6.52. The van der Waals surface area contributed by atoms with Gasteiger partial charge in [0.1, 0.15) is 0 Å². The molecule has 1 aromatic heterocycles. The summed E-state index contributed by atoms with van der Waals surface area (Å²) >= 11 is 1.92. The Morgan fingerprint density at radius 2 is 0.839 bits per heavy atom. The van der Waals surface area contributed by atoms with Gasteiger partial charge in [0.25, 0.3) is 0 Å². The van der Waals surface area contributed by atoms with E-state index in [-0.39, 0.29) is 16.2 Å². The summed E-state index contributed by atoms with van der Waals surface area (Å²) in [4.78, 5) is 4.99. The van der Waals surface area contributed by atoms with Crippen LogP contribution in [0.1, 0.15) is 88.8 Å². The molecule has 62 heavy (non-hydrogen) atoms. The summed E-state index contributed by atoms with van der Waals surface area (Å²) in [5.74, 6) is 0. The van der Waals surface area contributed by atoms with Crippen molar-refractivity contribution in [2.75, 3.05) is 9.80 Å². The molecule has 3 heteroatoms. The largest absolute Gasteiger partial charge is 0.310 e. The molecule has 0 radical (unpaired) electrons. The number of hydrogen-bond donors (Lipinski definition) is 0. The minimum Gasteiger partial charge on any atom is -0.310 e. The Morgan fingerprint density at radius 1 is 0.435 bits per heavy atom. The molecule has 308 valence electrons. The summed E-state index contributed by atoms with van der Waals surface area (Å²) in [6, 6.07) is 59.8. The molecule has 10 rings (SSSR count). The smallest absolute Gasteiger partial charge is 0.0643 e. The second-order valence-corrected chi connectivity index (χ2v) is 21.1. The number of rotatable bonds is 6. The summed E-state index contributed by atoms with van der Waals surface area (Å²) in [6.45, 7) is 23.0. The first-order valence-electron chi connectivity index (χ1n) is 22.1. The fourth-order valence-corrected chi connectivity index (χ4v) is 10.9. The predicted octanol–water partition coefficient (Wildman–Crippen LogP) is 17.7. The fourth-order valence-electron chi connectivity index (χ4n) is 9.71. The summed E-state index contributed by atoms with van der Waals surface area (Å²) in [7, 11) is 0. The molecule has 0 spiro atoms. The van der Waals surface area contributed by atoms with Crippen LogP contribution in [0.4, 0.5) is 34.1 Å². The third-order valence-electron chi connectivity index (χ3n) is 13.3. The molecule has 0 amide bonds. The van der Waals surface area contributed by atoms with Crippen molar-refractivity contribution in [2.24, 2.45) is 0 Å². The Labute approximate surface area is 372 Å². The van der Waals surface area contributed by atoms with Crippen molar-refractivity contribution in [3.05, 3.63) is 191 Å². The number of anilines is 6. The minimum absolute atomic E-state index is 0.0574. The Balaban J connectivity index is 1.27. The Kier molecular flexibility index (Phi) is 9.32. The van der Waals surface area contributed by atoms with Gasteiger partial charge in [0.15, 0.2) is 0 Å². The number of aryl methyl sites for hydroxylation is 2. The van der Waals surface area contributed by atoms with Crippen LogP contribution >= 0.6 is 11.3 Å². The molecule has 2 nitrogen and oxygen atoms in total. The van der Waals surface area contributed by atoms with Gasteiger partial charge in [-0.25, -0.2) is 0 Å². The zero-order valence-electron chi connectivity index (χ0n) is 37.8. The molecule has 0 bridgehead atoms. The van der Waals surface area contributed by atoms with Crippen LogP contribution in [0.2, 0.25) is 0 Å². The van der Waals surface area contributed by atoms with Crippen molar-refractivity contribution in [3.8, 4) is 11.1 Å². The van der Waals surface area contributed by atoms with Crippen molar-refractivity contribution in [2.45, 2.75) is 85.5 Å². The van der Waals surface area contributed by atoms with E-state index in [1.807, 2.05) is 11.3 Å². The molecular weight excluding hydrogens is 769 g/mol. The van der Waals surface area contributed by atoms with Crippen LogP contribution in [0.25, 0.3) is 42.1 Å². The van der Waals surface area contributed by atoms with Crippen LogP contribution < -0.4 is 9.80 Å². The molecule has 0 aliphatic heterocycles. The third-order valence-corrected chi connectivity index (χ3v) is 14.5. The van der Waals surface area contributed by atoms with Crippen molar-refractivity contribution >= 4 is 76.4 Å². The van der Waals surface area contributed by atoms with Gasteiger partial charge in [-0.2, -0.15) is 0 Å². The van der Waals surface area contributed by atoms with Crippen LogP contribution in [-0.2, 0) is 16.2 Å². The number of thiophene rings is 1. The molecule has 0 atom stereocenters. The van der Waals surface area contributed by atoms with Crippen LogP contribution in [0.5, 0.6) is 0 Å². The lowest BCUT2D eigenvalue weighted by molar-refractivity contribution is 0.590. The highest BCUT2D eigenvalue weighted by molar-refractivity contribution is 7.26. The zero-order chi connectivity index (χ0) is 43.3. The van der Waals surface area contributed by atoms with Gasteiger partial charge >= 0.3 is 0 Å². The summed E-state index contributed by atoms with van der Waals surface area (Å²) in [6.07, 6.45) is 0. The zero-order valence-corrected chi connectivity index (χ0v) is 38.6. The quantitative estimate of drug-likeness (QED) is 0.165. The second-order valence-electron chi connectivity index (χ2n) is 20.0. The monoisotopic (exact) mass is 824 g/mol. The number of nitrogens with zero attached hydrogens (tertiary/aromatic N) is 2. The molecule has 0 saturated heterocycles. The van der Waals surface area contributed by atoms with Crippen molar-refractivity contribution in [1.29, 1.82) is 0 Å². The first-order chi connectivity index (χ1) is 29.6. The van der Waals surface area contributed by atoms with E-state index in [1.165, 1.54) is 86.8 Å². The number of fused-ring (bicyclic) bond motifs is 9. The van der Waals surface area contributed by atoms with Gasteiger partial charge in [-0.15, -0.1) is 11.3 Å². The van der Waals surface area contributed by atoms with Crippen LogP contribution in [0.3, 0.4) is 0 Å². The predicted molar refractivity (Wildman–Crippen MR) is 271 cm³/mol. The topological polar surface area (TPSA) is 6.48 Å². The summed E-state index contributed by atoms with van der Waals surface area (Å²) in [5, 5.41) is 5.19. The van der Waals surface area contributed by atoms with Crippen LogP contribution in [0.15, 0.2) is 158 Å². The van der Waals surface area contributed by atoms with Gasteiger partial charge in [-0.1, -0.05) is 158 Å². The molecular formula is C59H56N2S. The van der Waals surface area contributed by atoms with E-state index >= 15 is 0 Å². The lowest BCUT2D eigenvalue weighted by Crippen LogP contribution is -2.18. The van der Waals surface area contributed by atoms with E-state index in [1.54, 1.807) is 0 Å².